The predicted molar refractivity (Wildman–Crippen MR) is 106 cm³/mol. The first kappa shape index (κ1) is 16.8. The SMILES string of the molecule is CNC=c1ccc(=C(c2ccncc2)c2ccc(N(C)C)cc2)cc1. The van der Waals surface area contributed by atoms with Crippen LogP contribution >= 0.6 is 0 Å². The highest BCUT2D eigenvalue weighted by Crippen LogP contribution is 2.22. The van der Waals surface area contributed by atoms with Crippen molar-refractivity contribution in [1.29, 1.82) is 0 Å². The van der Waals surface area contributed by atoms with Gasteiger partial charge in [0, 0.05) is 45.4 Å². The molecule has 0 saturated heterocycles. The number of rotatable bonds is 4. The number of hydrogen-bond donors (Lipinski definition) is 1. The van der Waals surface area contributed by atoms with Gasteiger partial charge in [0.05, 0.1) is 0 Å². The Kier molecular flexibility index (Phi) is 5.14. The monoisotopic (exact) mass is 329 g/mol. The Morgan fingerprint density at radius 2 is 1.44 bits per heavy atom. The molecule has 0 aliphatic carbocycles. The number of nitrogens with zero attached hydrogens (tertiary/aromatic N) is 2. The van der Waals surface area contributed by atoms with Crippen molar-refractivity contribution < 1.29 is 0 Å². The minimum absolute atomic E-state index is 1.16. The van der Waals surface area contributed by atoms with Gasteiger partial charge in [-0.3, -0.25) is 4.98 Å². The molecule has 0 unspecified atom stereocenters. The number of benzene rings is 2. The highest BCUT2D eigenvalue weighted by atomic mass is 15.1. The fourth-order valence-electron chi connectivity index (χ4n) is 2.86. The molecule has 3 heteroatoms. The summed E-state index contributed by atoms with van der Waals surface area (Å²) in [5, 5.41) is 5.42. The highest BCUT2D eigenvalue weighted by Gasteiger charge is 2.07. The van der Waals surface area contributed by atoms with Crippen molar-refractivity contribution in [2.45, 2.75) is 0 Å². The van der Waals surface area contributed by atoms with Crippen molar-refractivity contribution in [2.24, 2.45) is 0 Å². The molecule has 0 bridgehead atoms. The Labute approximate surface area is 149 Å². The van der Waals surface area contributed by atoms with Gasteiger partial charge in [-0.15, -0.1) is 0 Å². The molecule has 126 valence electrons. The molecule has 3 nitrogen and oxygen atoms in total. The number of nitrogens with one attached hydrogen (secondary N) is 1. The number of anilines is 1. The van der Waals surface area contributed by atoms with Gasteiger partial charge in [-0.25, -0.2) is 0 Å². The van der Waals surface area contributed by atoms with Crippen molar-refractivity contribution in [3.05, 3.63) is 94.6 Å². The molecule has 0 radical (unpaired) electrons. The van der Waals surface area contributed by atoms with Crippen molar-refractivity contribution in [3.8, 4) is 0 Å². The summed E-state index contributed by atoms with van der Waals surface area (Å²) in [5.41, 5.74) is 4.76. The van der Waals surface area contributed by atoms with Crippen molar-refractivity contribution in [1.82, 2.24) is 10.3 Å². The lowest BCUT2D eigenvalue weighted by atomic mass is 9.96. The van der Waals surface area contributed by atoms with E-state index in [0.29, 0.717) is 0 Å². The second kappa shape index (κ2) is 7.67. The van der Waals surface area contributed by atoms with Gasteiger partial charge in [0.15, 0.2) is 0 Å². The lowest BCUT2D eigenvalue weighted by molar-refractivity contribution is 1.13. The largest absolute Gasteiger partial charge is 0.393 e. The maximum absolute atomic E-state index is 4.16. The molecule has 0 amide bonds. The van der Waals surface area contributed by atoms with Crippen LogP contribution in [0.3, 0.4) is 0 Å². The Morgan fingerprint density at radius 1 is 0.840 bits per heavy atom. The first-order valence-corrected chi connectivity index (χ1v) is 8.35. The molecule has 0 spiro atoms. The molecule has 25 heavy (non-hydrogen) atoms. The van der Waals surface area contributed by atoms with E-state index in [-0.39, 0.29) is 0 Å². The molecule has 3 rings (SSSR count). The fourth-order valence-corrected chi connectivity index (χ4v) is 2.86. The van der Waals surface area contributed by atoms with E-state index in [0.717, 1.165) is 10.8 Å². The first-order chi connectivity index (χ1) is 12.2. The van der Waals surface area contributed by atoms with E-state index in [9.17, 15) is 0 Å². The Hall–Kier alpha value is -3.07. The van der Waals surface area contributed by atoms with E-state index < -0.39 is 0 Å². The molecule has 2 aromatic carbocycles. The van der Waals surface area contributed by atoms with E-state index in [1.165, 1.54) is 22.0 Å². The third kappa shape index (κ3) is 3.89. The van der Waals surface area contributed by atoms with Crippen LogP contribution in [-0.2, 0) is 0 Å². The van der Waals surface area contributed by atoms with Crippen LogP contribution in [0.4, 0.5) is 5.69 Å². The van der Waals surface area contributed by atoms with Gasteiger partial charge >= 0.3 is 0 Å². The van der Waals surface area contributed by atoms with Gasteiger partial charge in [-0.2, -0.15) is 0 Å². The summed E-state index contributed by atoms with van der Waals surface area (Å²) in [6, 6.07) is 21.4. The number of pyridine rings is 1. The lowest BCUT2D eigenvalue weighted by Gasteiger charge is -2.14. The molecule has 1 heterocycles. The Balaban J connectivity index is 2.20. The van der Waals surface area contributed by atoms with Crippen molar-refractivity contribution in [2.75, 3.05) is 26.0 Å². The van der Waals surface area contributed by atoms with Crippen LogP contribution in [0.15, 0.2) is 73.1 Å². The predicted octanol–water partition coefficient (Wildman–Crippen LogP) is 2.35. The average Bonchev–Trinajstić information content (AvgIpc) is 2.65. The lowest BCUT2D eigenvalue weighted by Crippen LogP contribution is -2.14. The Morgan fingerprint density at radius 3 is 2.00 bits per heavy atom. The van der Waals surface area contributed by atoms with Gasteiger partial charge in [0.1, 0.15) is 0 Å². The second-order valence-electron chi connectivity index (χ2n) is 6.11. The van der Waals surface area contributed by atoms with E-state index in [4.69, 9.17) is 0 Å². The van der Waals surface area contributed by atoms with Crippen LogP contribution in [0.5, 0.6) is 0 Å². The van der Waals surface area contributed by atoms with Crippen LogP contribution in [0.2, 0.25) is 0 Å². The van der Waals surface area contributed by atoms with Crippen LogP contribution in [0, 0.1) is 0 Å². The third-order valence-electron chi connectivity index (χ3n) is 4.15. The molecule has 0 saturated carbocycles. The quantitative estimate of drug-likeness (QED) is 0.796. The van der Waals surface area contributed by atoms with Gasteiger partial charge in [-0.05, 0) is 51.4 Å². The zero-order valence-corrected chi connectivity index (χ0v) is 14.9. The van der Waals surface area contributed by atoms with Crippen LogP contribution in [-0.4, -0.2) is 26.1 Å². The molecule has 0 fully saturated rings. The number of hydrogen-bond acceptors (Lipinski definition) is 3. The third-order valence-corrected chi connectivity index (χ3v) is 4.15. The maximum atomic E-state index is 4.16. The summed E-state index contributed by atoms with van der Waals surface area (Å²) in [5.74, 6) is 0. The van der Waals surface area contributed by atoms with Crippen LogP contribution in [0.1, 0.15) is 11.1 Å². The standard InChI is InChI=1S/C22H23N3/c1-23-16-17-4-6-18(7-5-17)22(20-12-14-24-15-13-20)19-8-10-21(11-9-19)25(2)3/h4-16,23H,1-3H3. The molecular formula is C22H23N3. The molecule has 0 aliphatic heterocycles. The summed E-state index contributed by atoms with van der Waals surface area (Å²) >= 11 is 0. The van der Waals surface area contributed by atoms with Crippen molar-refractivity contribution in [3.63, 3.8) is 0 Å². The van der Waals surface area contributed by atoms with Crippen LogP contribution in [0.25, 0.3) is 11.8 Å². The van der Waals surface area contributed by atoms with E-state index >= 15 is 0 Å². The van der Waals surface area contributed by atoms with Gasteiger partial charge < -0.3 is 10.2 Å². The molecule has 3 aromatic rings. The highest BCUT2D eigenvalue weighted by molar-refractivity contribution is 5.79. The molecule has 0 atom stereocenters. The smallest absolute Gasteiger partial charge is 0.0361 e. The fraction of sp³-hybridized carbons (Fsp3) is 0.136. The van der Waals surface area contributed by atoms with Crippen molar-refractivity contribution >= 4 is 17.5 Å². The maximum Gasteiger partial charge on any atom is 0.0361 e. The Bertz CT molecular complexity index is 919. The summed E-state index contributed by atoms with van der Waals surface area (Å²) in [6.45, 7) is 0. The van der Waals surface area contributed by atoms with E-state index in [2.05, 4.69) is 90.0 Å². The van der Waals surface area contributed by atoms with E-state index in [1.807, 2.05) is 25.6 Å². The summed E-state index contributed by atoms with van der Waals surface area (Å²) < 4.78 is 0. The minimum Gasteiger partial charge on any atom is -0.393 e. The van der Waals surface area contributed by atoms with Crippen LogP contribution < -0.4 is 20.7 Å². The average molecular weight is 329 g/mol. The zero-order chi connectivity index (χ0) is 17.6. The van der Waals surface area contributed by atoms with E-state index in [1.54, 1.807) is 0 Å². The molecule has 1 N–H and O–H groups in total. The summed E-state index contributed by atoms with van der Waals surface area (Å²) in [7, 11) is 6.02. The molecule has 1 aromatic heterocycles. The summed E-state index contributed by atoms with van der Waals surface area (Å²) in [6.07, 6.45) is 5.67. The van der Waals surface area contributed by atoms with Gasteiger partial charge in [0.25, 0.3) is 0 Å². The normalized spacial score (nSPS) is 10.2. The first-order valence-electron chi connectivity index (χ1n) is 8.35. The number of aromatic nitrogens is 1. The zero-order valence-electron chi connectivity index (χ0n) is 14.9. The molecular weight excluding hydrogens is 306 g/mol. The minimum atomic E-state index is 1.16. The topological polar surface area (TPSA) is 28.2 Å². The van der Waals surface area contributed by atoms with Gasteiger partial charge in [0.2, 0.25) is 0 Å². The second-order valence-corrected chi connectivity index (χ2v) is 6.11. The summed E-state index contributed by atoms with van der Waals surface area (Å²) in [4.78, 5) is 6.27. The van der Waals surface area contributed by atoms with Gasteiger partial charge in [-0.1, -0.05) is 36.4 Å². The molecule has 0 aliphatic rings.